The van der Waals surface area contributed by atoms with E-state index in [2.05, 4.69) is 10.6 Å². The third-order valence-electron chi connectivity index (χ3n) is 3.32. The van der Waals surface area contributed by atoms with Crippen LogP contribution in [0.2, 0.25) is 5.02 Å². The molecule has 1 aliphatic heterocycles. The third-order valence-corrected chi connectivity index (χ3v) is 3.56. The Kier molecular flexibility index (Phi) is 3.73. The lowest BCUT2D eigenvalue weighted by atomic mass is 9.88. The minimum atomic E-state index is -0.559. The van der Waals surface area contributed by atoms with Gasteiger partial charge < -0.3 is 10.6 Å². The van der Waals surface area contributed by atoms with Crippen molar-refractivity contribution < 1.29 is 9.72 Å². The Morgan fingerprint density at radius 2 is 2.32 bits per heavy atom. The molecular weight excluding hydrogens is 270 g/mol. The van der Waals surface area contributed by atoms with Crippen molar-refractivity contribution in [1.82, 2.24) is 5.32 Å². The van der Waals surface area contributed by atoms with E-state index in [1.54, 1.807) is 0 Å². The van der Waals surface area contributed by atoms with Gasteiger partial charge in [-0.15, -0.1) is 0 Å². The molecule has 0 spiro atoms. The van der Waals surface area contributed by atoms with E-state index in [1.807, 2.05) is 6.92 Å². The first-order valence-electron chi connectivity index (χ1n) is 5.88. The summed E-state index contributed by atoms with van der Waals surface area (Å²) in [5.74, 6) is -0.220. The van der Waals surface area contributed by atoms with E-state index in [4.69, 9.17) is 11.6 Å². The van der Waals surface area contributed by atoms with Gasteiger partial charge in [-0.25, -0.2) is 0 Å². The summed E-state index contributed by atoms with van der Waals surface area (Å²) in [4.78, 5) is 22.6. The molecule has 1 aliphatic rings. The van der Waals surface area contributed by atoms with E-state index in [1.165, 1.54) is 18.2 Å². The summed E-state index contributed by atoms with van der Waals surface area (Å²) in [6.45, 7) is 3.18. The fourth-order valence-electron chi connectivity index (χ4n) is 2.05. The van der Waals surface area contributed by atoms with Crippen LogP contribution in [-0.2, 0) is 4.79 Å². The van der Waals surface area contributed by atoms with Crippen LogP contribution in [0.5, 0.6) is 0 Å². The van der Waals surface area contributed by atoms with Crippen LogP contribution in [0.25, 0.3) is 0 Å². The van der Waals surface area contributed by atoms with Crippen molar-refractivity contribution >= 4 is 28.9 Å². The van der Waals surface area contributed by atoms with E-state index < -0.39 is 10.3 Å². The number of nitro benzene ring substituents is 1. The van der Waals surface area contributed by atoms with Crippen molar-refractivity contribution in [2.45, 2.75) is 13.3 Å². The third kappa shape index (κ3) is 2.85. The molecular formula is C12H14ClN3O3. The maximum atomic E-state index is 12.2. The highest BCUT2D eigenvalue weighted by molar-refractivity contribution is 6.31. The van der Waals surface area contributed by atoms with Crippen molar-refractivity contribution in [1.29, 1.82) is 0 Å². The topological polar surface area (TPSA) is 84.3 Å². The van der Waals surface area contributed by atoms with Crippen molar-refractivity contribution in [3.8, 4) is 0 Å². The summed E-state index contributed by atoms with van der Waals surface area (Å²) in [7, 11) is 0. The molecule has 7 heteroatoms. The molecule has 19 heavy (non-hydrogen) atoms. The normalized spacial score (nSPS) is 22.2. The van der Waals surface area contributed by atoms with E-state index in [0.717, 1.165) is 6.54 Å². The quantitative estimate of drug-likeness (QED) is 0.658. The summed E-state index contributed by atoms with van der Waals surface area (Å²) < 4.78 is 0. The molecule has 1 aromatic rings. The van der Waals surface area contributed by atoms with Gasteiger partial charge in [0.05, 0.1) is 10.3 Å². The molecule has 1 heterocycles. The van der Waals surface area contributed by atoms with Crippen molar-refractivity contribution in [2.75, 3.05) is 18.4 Å². The maximum absolute atomic E-state index is 12.2. The molecule has 102 valence electrons. The lowest BCUT2D eigenvalue weighted by Gasteiger charge is -2.21. The second-order valence-corrected chi connectivity index (χ2v) is 5.30. The van der Waals surface area contributed by atoms with Crippen LogP contribution in [0.4, 0.5) is 11.4 Å². The monoisotopic (exact) mass is 283 g/mol. The van der Waals surface area contributed by atoms with Crippen molar-refractivity contribution in [3.63, 3.8) is 0 Å². The summed E-state index contributed by atoms with van der Waals surface area (Å²) in [5, 5.41) is 16.9. The van der Waals surface area contributed by atoms with E-state index in [-0.39, 0.29) is 22.3 Å². The van der Waals surface area contributed by atoms with Gasteiger partial charge in [0, 0.05) is 17.6 Å². The van der Waals surface area contributed by atoms with Gasteiger partial charge in [-0.05, 0) is 32.0 Å². The number of amides is 1. The molecule has 1 unspecified atom stereocenters. The number of nitrogens with one attached hydrogen (secondary N) is 2. The zero-order valence-electron chi connectivity index (χ0n) is 10.4. The SMILES string of the molecule is CC1(C(=O)Nc2ccc(Cl)cc2[N+](=O)[O-])CCNC1. The minimum Gasteiger partial charge on any atom is -0.320 e. The molecule has 2 rings (SSSR count). The fourth-order valence-corrected chi connectivity index (χ4v) is 2.21. The van der Waals surface area contributed by atoms with Gasteiger partial charge >= 0.3 is 0 Å². The van der Waals surface area contributed by atoms with Gasteiger partial charge in [-0.1, -0.05) is 11.6 Å². The molecule has 0 saturated carbocycles. The van der Waals surface area contributed by atoms with Crippen molar-refractivity contribution in [3.05, 3.63) is 33.3 Å². The first kappa shape index (κ1) is 13.8. The summed E-state index contributed by atoms with van der Waals surface area (Å²) in [6.07, 6.45) is 0.709. The average molecular weight is 284 g/mol. The predicted octanol–water partition coefficient (Wildman–Crippen LogP) is 2.19. The molecule has 0 bridgehead atoms. The molecule has 1 amide bonds. The van der Waals surface area contributed by atoms with E-state index in [9.17, 15) is 14.9 Å². The lowest BCUT2D eigenvalue weighted by molar-refractivity contribution is -0.383. The maximum Gasteiger partial charge on any atom is 0.294 e. The van der Waals surface area contributed by atoms with Gasteiger partial charge in [0.1, 0.15) is 5.69 Å². The van der Waals surface area contributed by atoms with Crippen LogP contribution in [-0.4, -0.2) is 23.9 Å². The van der Waals surface area contributed by atoms with Crippen molar-refractivity contribution in [2.24, 2.45) is 5.41 Å². The van der Waals surface area contributed by atoms with Crippen LogP contribution < -0.4 is 10.6 Å². The standard InChI is InChI=1S/C12H14ClN3O3/c1-12(4-5-14-7-12)11(17)15-9-3-2-8(13)6-10(9)16(18)19/h2-3,6,14H,4-5,7H2,1H3,(H,15,17). The second kappa shape index (κ2) is 5.14. The van der Waals surface area contributed by atoms with Gasteiger partial charge in [0.2, 0.25) is 5.91 Å². The smallest absolute Gasteiger partial charge is 0.294 e. The highest BCUT2D eigenvalue weighted by Crippen LogP contribution is 2.31. The molecule has 1 saturated heterocycles. The van der Waals surface area contributed by atoms with Gasteiger partial charge in [-0.2, -0.15) is 0 Å². The number of anilines is 1. The first-order chi connectivity index (χ1) is 8.92. The van der Waals surface area contributed by atoms with E-state index in [0.29, 0.717) is 13.0 Å². The first-order valence-corrected chi connectivity index (χ1v) is 6.26. The number of hydrogen-bond donors (Lipinski definition) is 2. The summed E-state index contributed by atoms with van der Waals surface area (Å²) in [6, 6.07) is 4.19. The second-order valence-electron chi connectivity index (χ2n) is 4.86. The minimum absolute atomic E-state index is 0.174. The Balaban J connectivity index is 2.23. The Morgan fingerprint density at radius 1 is 1.58 bits per heavy atom. The molecule has 0 aromatic heterocycles. The van der Waals surface area contributed by atoms with Gasteiger partial charge in [0.15, 0.2) is 0 Å². The molecule has 1 atom stereocenters. The Bertz CT molecular complexity index is 527. The fraction of sp³-hybridized carbons (Fsp3) is 0.417. The number of nitro groups is 1. The predicted molar refractivity (Wildman–Crippen MR) is 72.3 cm³/mol. The number of carbonyl (C=O) groups excluding carboxylic acids is 1. The molecule has 0 aliphatic carbocycles. The molecule has 0 radical (unpaired) electrons. The number of nitrogens with zero attached hydrogens (tertiary/aromatic N) is 1. The Morgan fingerprint density at radius 3 is 2.89 bits per heavy atom. The zero-order valence-corrected chi connectivity index (χ0v) is 11.2. The average Bonchev–Trinajstić information content (AvgIpc) is 2.79. The Labute approximate surface area is 115 Å². The highest BCUT2D eigenvalue weighted by atomic mass is 35.5. The number of carbonyl (C=O) groups is 1. The van der Waals surface area contributed by atoms with Crippen LogP contribution in [0.3, 0.4) is 0 Å². The Hall–Kier alpha value is -1.66. The van der Waals surface area contributed by atoms with Crippen LogP contribution >= 0.6 is 11.6 Å². The lowest BCUT2D eigenvalue weighted by Crippen LogP contribution is -2.35. The van der Waals surface area contributed by atoms with Crippen LogP contribution in [0.1, 0.15) is 13.3 Å². The molecule has 1 fully saturated rings. The summed E-state index contributed by atoms with van der Waals surface area (Å²) in [5.41, 5.74) is -0.559. The van der Waals surface area contributed by atoms with Crippen LogP contribution in [0.15, 0.2) is 18.2 Å². The number of hydrogen-bond acceptors (Lipinski definition) is 4. The largest absolute Gasteiger partial charge is 0.320 e. The van der Waals surface area contributed by atoms with Gasteiger partial charge in [0.25, 0.3) is 5.69 Å². The number of rotatable bonds is 3. The van der Waals surface area contributed by atoms with Gasteiger partial charge in [-0.3, -0.25) is 14.9 Å². The van der Waals surface area contributed by atoms with E-state index >= 15 is 0 Å². The molecule has 1 aromatic carbocycles. The highest BCUT2D eigenvalue weighted by Gasteiger charge is 2.37. The molecule has 6 nitrogen and oxygen atoms in total. The molecule has 2 N–H and O–H groups in total. The van der Waals surface area contributed by atoms with Crippen LogP contribution in [0, 0.1) is 15.5 Å². The summed E-state index contributed by atoms with van der Waals surface area (Å²) >= 11 is 5.72. The number of benzene rings is 1. The number of halogens is 1. The zero-order chi connectivity index (χ0) is 14.0.